The van der Waals surface area contributed by atoms with E-state index in [-0.39, 0.29) is 11.2 Å². The molecule has 0 aromatic heterocycles. The zero-order valence-electron chi connectivity index (χ0n) is 12.9. The molecule has 106 valence electrons. The topological polar surface area (TPSA) is 21.3 Å². The Morgan fingerprint density at radius 1 is 1.17 bits per heavy atom. The maximum Gasteiger partial charge on any atom is 0.0787 e. The first kappa shape index (κ1) is 14.3. The lowest BCUT2D eigenvalue weighted by molar-refractivity contribution is -0.0700. The summed E-state index contributed by atoms with van der Waals surface area (Å²) in [6.45, 7) is 12.4. The summed E-state index contributed by atoms with van der Waals surface area (Å²) in [6, 6.07) is 0.504. The average molecular weight is 253 g/mol. The molecule has 3 atom stereocenters. The molecule has 1 saturated carbocycles. The lowest BCUT2D eigenvalue weighted by atomic mass is 9.82. The molecular formula is C16H31NO. The maximum atomic E-state index is 6.15. The van der Waals surface area contributed by atoms with Gasteiger partial charge in [0.15, 0.2) is 0 Å². The molecule has 1 aliphatic heterocycles. The van der Waals surface area contributed by atoms with E-state index < -0.39 is 0 Å². The molecule has 2 rings (SSSR count). The standard InChI is InChI=1S/C16H31NO/c1-12-7-6-8-13(9-12)11-17-14-10-15(2,3)18-16(14,4)5/h12-14,17H,6-11H2,1-5H3. The van der Waals surface area contributed by atoms with Gasteiger partial charge in [0.2, 0.25) is 0 Å². The largest absolute Gasteiger partial charge is 0.368 e. The number of nitrogens with one attached hydrogen (secondary N) is 1. The molecule has 2 nitrogen and oxygen atoms in total. The van der Waals surface area contributed by atoms with Crippen LogP contribution >= 0.6 is 0 Å². The van der Waals surface area contributed by atoms with Gasteiger partial charge in [-0.1, -0.05) is 19.8 Å². The summed E-state index contributed by atoms with van der Waals surface area (Å²) in [7, 11) is 0. The van der Waals surface area contributed by atoms with E-state index in [0.29, 0.717) is 6.04 Å². The Hall–Kier alpha value is -0.0800. The Kier molecular flexibility index (Phi) is 4.08. The van der Waals surface area contributed by atoms with Gasteiger partial charge in [0.25, 0.3) is 0 Å². The van der Waals surface area contributed by atoms with Crippen LogP contribution in [0.4, 0.5) is 0 Å². The van der Waals surface area contributed by atoms with Crippen molar-refractivity contribution >= 4 is 0 Å². The summed E-state index contributed by atoms with van der Waals surface area (Å²) in [6.07, 6.45) is 6.80. The van der Waals surface area contributed by atoms with E-state index in [9.17, 15) is 0 Å². The SMILES string of the molecule is CC1CCCC(CNC2CC(C)(C)OC2(C)C)C1. The van der Waals surface area contributed by atoms with Crippen LogP contribution < -0.4 is 5.32 Å². The molecule has 2 heteroatoms. The van der Waals surface area contributed by atoms with Gasteiger partial charge in [-0.25, -0.2) is 0 Å². The monoisotopic (exact) mass is 253 g/mol. The highest BCUT2D eigenvalue weighted by molar-refractivity contribution is 4.99. The summed E-state index contributed by atoms with van der Waals surface area (Å²) in [5.41, 5.74) is 0.00477. The van der Waals surface area contributed by atoms with Gasteiger partial charge in [-0.05, 0) is 65.3 Å². The van der Waals surface area contributed by atoms with Crippen LogP contribution in [0.25, 0.3) is 0 Å². The highest BCUT2D eigenvalue weighted by Gasteiger charge is 2.45. The highest BCUT2D eigenvalue weighted by atomic mass is 16.5. The molecule has 0 aromatic carbocycles. The van der Waals surface area contributed by atoms with Gasteiger partial charge in [-0.2, -0.15) is 0 Å². The number of rotatable bonds is 3. The summed E-state index contributed by atoms with van der Waals surface area (Å²) in [5, 5.41) is 3.79. The fourth-order valence-electron chi connectivity index (χ4n) is 3.93. The van der Waals surface area contributed by atoms with Gasteiger partial charge in [0, 0.05) is 6.04 Å². The van der Waals surface area contributed by atoms with Crippen molar-refractivity contribution in [2.45, 2.75) is 84.0 Å². The van der Waals surface area contributed by atoms with Crippen molar-refractivity contribution in [1.82, 2.24) is 5.32 Å². The molecule has 2 aliphatic rings. The van der Waals surface area contributed by atoms with Crippen molar-refractivity contribution in [3.05, 3.63) is 0 Å². The molecule has 0 radical (unpaired) electrons. The van der Waals surface area contributed by atoms with Gasteiger partial charge in [0.1, 0.15) is 0 Å². The molecule has 3 unspecified atom stereocenters. The number of ether oxygens (including phenoxy) is 1. The van der Waals surface area contributed by atoms with Gasteiger partial charge >= 0.3 is 0 Å². The van der Waals surface area contributed by atoms with E-state index in [0.717, 1.165) is 18.3 Å². The molecule has 1 N–H and O–H groups in total. The zero-order valence-corrected chi connectivity index (χ0v) is 12.9. The van der Waals surface area contributed by atoms with E-state index >= 15 is 0 Å². The van der Waals surface area contributed by atoms with Crippen molar-refractivity contribution in [2.75, 3.05) is 6.54 Å². The summed E-state index contributed by atoms with van der Waals surface area (Å²) in [5.74, 6) is 1.81. The van der Waals surface area contributed by atoms with E-state index in [1.54, 1.807) is 0 Å². The van der Waals surface area contributed by atoms with Crippen LogP contribution in [0.1, 0.15) is 66.7 Å². The molecule has 2 fully saturated rings. The quantitative estimate of drug-likeness (QED) is 0.827. The molecule has 0 spiro atoms. The van der Waals surface area contributed by atoms with E-state index in [2.05, 4.69) is 39.9 Å². The summed E-state index contributed by atoms with van der Waals surface area (Å²) >= 11 is 0. The van der Waals surface area contributed by atoms with Crippen LogP contribution in [0, 0.1) is 11.8 Å². The van der Waals surface area contributed by atoms with Crippen LogP contribution in [0.3, 0.4) is 0 Å². The predicted octanol–water partition coefficient (Wildman–Crippen LogP) is 3.75. The first-order chi connectivity index (χ1) is 8.28. The Labute approximate surface area is 113 Å². The lowest BCUT2D eigenvalue weighted by Crippen LogP contribution is -2.45. The Morgan fingerprint density at radius 2 is 1.89 bits per heavy atom. The van der Waals surface area contributed by atoms with Crippen LogP contribution in [-0.4, -0.2) is 23.8 Å². The minimum atomic E-state index is -0.0240. The third kappa shape index (κ3) is 3.48. The van der Waals surface area contributed by atoms with Crippen LogP contribution in [-0.2, 0) is 4.74 Å². The Balaban J connectivity index is 1.83. The normalized spacial score (nSPS) is 38.8. The van der Waals surface area contributed by atoms with Crippen molar-refractivity contribution in [1.29, 1.82) is 0 Å². The van der Waals surface area contributed by atoms with Crippen molar-refractivity contribution in [2.24, 2.45) is 11.8 Å². The summed E-state index contributed by atoms with van der Waals surface area (Å²) < 4.78 is 6.15. The molecule has 1 aliphatic carbocycles. The van der Waals surface area contributed by atoms with Crippen molar-refractivity contribution in [3.8, 4) is 0 Å². The van der Waals surface area contributed by atoms with Gasteiger partial charge in [-0.3, -0.25) is 0 Å². The second-order valence-electron chi connectivity index (χ2n) is 7.77. The summed E-state index contributed by atoms with van der Waals surface area (Å²) in [4.78, 5) is 0. The third-order valence-electron chi connectivity index (χ3n) is 4.77. The van der Waals surface area contributed by atoms with Crippen LogP contribution in [0.15, 0.2) is 0 Å². The van der Waals surface area contributed by atoms with E-state index in [4.69, 9.17) is 4.74 Å². The smallest absolute Gasteiger partial charge is 0.0787 e. The molecule has 1 heterocycles. The van der Waals surface area contributed by atoms with E-state index in [1.807, 2.05) is 0 Å². The minimum absolute atomic E-state index is 0.0240. The Bertz CT molecular complexity index is 285. The fraction of sp³-hybridized carbons (Fsp3) is 1.00. The number of hydrogen-bond acceptors (Lipinski definition) is 2. The van der Waals surface area contributed by atoms with Crippen LogP contribution in [0.5, 0.6) is 0 Å². The van der Waals surface area contributed by atoms with E-state index in [1.165, 1.54) is 32.2 Å². The first-order valence-corrected chi connectivity index (χ1v) is 7.72. The second-order valence-corrected chi connectivity index (χ2v) is 7.77. The Morgan fingerprint density at radius 3 is 2.44 bits per heavy atom. The molecule has 0 aromatic rings. The molecule has 0 amide bonds. The maximum absolute atomic E-state index is 6.15. The van der Waals surface area contributed by atoms with Gasteiger partial charge in [0.05, 0.1) is 11.2 Å². The van der Waals surface area contributed by atoms with Crippen molar-refractivity contribution in [3.63, 3.8) is 0 Å². The molecule has 18 heavy (non-hydrogen) atoms. The fourth-order valence-corrected chi connectivity index (χ4v) is 3.93. The molecule has 1 saturated heterocycles. The number of hydrogen-bond donors (Lipinski definition) is 1. The molecular weight excluding hydrogens is 222 g/mol. The average Bonchev–Trinajstić information content (AvgIpc) is 2.43. The minimum Gasteiger partial charge on any atom is -0.368 e. The zero-order chi connectivity index (χ0) is 13.4. The highest BCUT2D eigenvalue weighted by Crippen LogP contribution is 2.37. The first-order valence-electron chi connectivity index (χ1n) is 7.72. The van der Waals surface area contributed by atoms with Gasteiger partial charge in [-0.15, -0.1) is 0 Å². The molecule has 0 bridgehead atoms. The van der Waals surface area contributed by atoms with Crippen LogP contribution in [0.2, 0.25) is 0 Å². The van der Waals surface area contributed by atoms with Crippen molar-refractivity contribution < 1.29 is 4.74 Å². The second kappa shape index (κ2) is 5.13. The predicted molar refractivity (Wildman–Crippen MR) is 76.8 cm³/mol. The third-order valence-corrected chi connectivity index (χ3v) is 4.77. The van der Waals surface area contributed by atoms with Gasteiger partial charge < -0.3 is 10.1 Å². The lowest BCUT2D eigenvalue weighted by Gasteiger charge is -2.31.